The number of aryl methyl sites for hydroxylation is 1. The minimum atomic E-state index is -0.123. The number of hydrogen-bond donors (Lipinski definition) is 0. The van der Waals surface area contributed by atoms with Gasteiger partial charge in [0.05, 0.1) is 0 Å². The van der Waals surface area contributed by atoms with E-state index in [1.54, 1.807) is 0 Å². The van der Waals surface area contributed by atoms with Gasteiger partial charge in [-0.25, -0.2) is 4.98 Å². The fourth-order valence-electron chi connectivity index (χ4n) is 11.2. The largest absolute Gasteiger partial charge is 0.311 e. The zero-order chi connectivity index (χ0) is 53.5. The molecule has 8 aromatic carbocycles. The Morgan fingerprint density at radius 1 is 0.355 bits per heavy atom. The summed E-state index contributed by atoms with van der Waals surface area (Å²) in [7, 11) is 0. The van der Waals surface area contributed by atoms with E-state index in [1.807, 2.05) is 0 Å². The first-order valence-corrected chi connectivity index (χ1v) is 27.2. The molecule has 76 heavy (non-hydrogen) atoms. The molecule has 0 N–H and O–H groups in total. The fraction of sp³-hybridized carbons (Fsp3) is 0.243. The predicted molar refractivity (Wildman–Crippen MR) is 327 cm³/mol. The molecule has 0 spiro atoms. The maximum Gasteiger partial charge on any atom is 0.254 e. The van der Waals surface area contributed by atoms with Gasteiger partial charge in [-0.2, -0.15) is 0 Å². The van der Waals surface area contributed by atoms with Gasteiger partial charge in [-0.3, -0.25) is 9.80 Å². The number of pyridine rings is 1. The Kier molecular flexibility index (Phi) is 12.4. The zero-order valence-corrected chi connectivity index (χ0v) is 46.9. The number of hydrogen-bond acceptors (Lipinski definition) is 5. The Morgan fingerprint density at radius 2 is 0.724 bits per heavy atom. The maximum absolute atomic E-state index is 5.90. The lowest BCUT2D eigenvalue weighted by Crippen LogP contribution is -2.61. The Labute approximate surface area is 453 Å². The van der Waals surface area contributed by atoms with Gasteiger partial charge in [0.1, 0.15) is 11.6 Å². The van der Waals surface area contributed by atoms with Crippen LogP contribution in [0.15, 0.2) is 200 Å². The summed E-state index contributed by atoms with van der Waals surface area (Å²) in [5.74, 6) is 1.77. The van der Waals surface area contributed by atoms with Gasteiger partial charge in [-0.05, 0) is 176 Å². The topological polar surface area (TPSA) is 25.9 Å². The average Bonchev–Trinajstić information content (AvgIpc) is 3.39. The second kappa shape index (κ2) is 18.8. The number of anilines is 12. The van der Waals surface area contributed by atoms with Crippen molar-refractivity contribution in [1.82, 2.24) is 4.98 Å². The summed E-state index contributed by atoms with van der Waals surface area (Å²) >= 11 is 0. The number of para-hydroxylation sites is 2. The van der Waals surface area contributed by atoms with Crippen molar-refractivity contribution >= 4 is 91.6 Å². The Bertz CT molecular complexity index is 3210. The molecular weight excluding hydrogens is 922 g/mol. The van der Waals surface area contributed by atoms with Gasteiger partial charge >= 0.3 is 0 Å². The van der Waals surface area contributed by atoms with Crippen molar-refractivity contribution in [2.45, 2.75) is 112 Å². The number of nitrogens with zero attached hydrogens (tertiary/aromatic N) is 5. The first-order valence-electron chi connectivity index (χ1n) is 27.2. The molecule has 380 valence electrons. The summed E-state index contributed by atoms with van der Waals surface area (Å²) < 4.78 is 0. The molecule has 2 aliphatic heterocycles. The number of aromatic nitrogens is 1. The average molecular weight is 994 g/mol. The van der Waals surface area contributed by atoms with Crippen molar-refractivity contribution in [3.05, 3.63) is 228 Å². The molecule has 0 bridgehead atoms. The molecular formula is C70H72BN5. The van der Waals surface area contributed by atoms with Crippen molar-refractivity contribution in [3.8, 4) is 0 Å². The summed E-state index contributed by atoms with van der Waals surface area (Å²) in [6.45, 7) is 29.4. The van der Waals surface area contributed by atoms with Gasteiger partial charge in [-0.1, -0.05) is 180 Å². The number of rotatable bonds is 8. The van der Waals surface area contributed by atoms with Crippen LogP contribution >= 0.6 is 0 Å². The summed E-state index contributed by atoms with van der Waals surface area (Å²) in [6.07, 6.45) is 0. The fourth-order valence-corrected chi connectivity index (χ4v) is 11.2. The van der Waals surface area contributed by atoms with Crippen LogP contribution in [0, 0.1) is 6.92 Å². The van der Waals surface area contributed by atoms with Crippen LogP contribution in [0.5, 0.6) is 0 Å². The van der Waals surface area contributed by atoms with Gasteiger partial charge in [-0.15, -0.1) is 0 Å². The Hall–Kier alpha value is -7.83. The van der Waals surface area contributed by atoms with Crippen molar-refractivity contribution in [1.29, 1.82) is 0 Å². The van der Waals surface area contributed by atoms with Crippen LogP contribution in [0.25, 0.3) is 0 Å². The second-order valence-electron chi connectivity index (χ2n) is 25.2. The lowest BCUT2D eigenvalue weighted by Gasteiger charge is -2.44. The number of fused-ring (bicyclic) bond motifs is 4. The third kappa shape index (κ3) is 9.27. The standard InChI is InChI=1S/C70H72BN5/c1-47-44-62-65-63(45-47)76(53-22-18-15-19-23-53)66-60(42-43-64(72-66)74(56-36-28-50(29-37-56)69(8,9)10)57-38-30-51(31-39-57)70(11,12)13)71(65)59-41-40-58(46-61(59)75(62)52-20-16-14-17-21-52)73(54-32-24-48(25-33-54)67(2,3)4)55-34-26-49(27-35-55)68(5,6)7/h14-46H,1-13H3. The van der Waals surface area contributed by atoms with Gasteiger partial charge in [0.15, 0.2) is 0 Å². The molecule has 0 amide bonds. The maximum atomic E-state index is 5.90. The van der Waals surface area contributed by atoms with Gasteiger partial charge < -0.3 is 9.80 Å². The molecule has 1 aromatic heterocycles. The molecule has 0 unspecified atom stereocenters. The second-order valence-corrected chi connectivity index (χ2v) is 25.2. The smallest absolute Gasteiger partial charge is 0.254 e. The van der Waals surface area contributed by atoms with Crippen LogP contribution in [-0.4, -0.2) is 11.7 Å². The molecule has 0 aliphatic carbocycles. The minimum Gasteiger partial charge on any atom is -0.311 e. The van der Waals surface area contributed by atoms with Crippen LogP contribution in [-0.2, 0) is 21.7 Å². The van der Waals surface area contributed by atoms with Crippen LogP contribution in [0.1, 0.15) is 111 Å². The van der Waals surface area contributed by atoms with E-state index in [1.165, 1.54) is 44.4 Å². The van der Waals surface area contributed by atoms with Crippen LogP contribution in [0.2, 0.25) is 0 Å². The minimum absolute atomic E-state index is 0.0170. The van der Waals surface area contributed by atoms with Gasteiger partial charge in [0.25, 0.3) is 6.71 Å². The molecule has 0 fully saturated rings. The molecule has 9 aromatic rings. The van der Waals surface area contributed by atoms with Gasteiger partial charge in [0.2, 0.25) is 0 Å². The van der Waals surface area contributed by atoms with E-state index in [0.717, 1.165) is 68.3 Å². The summed E-state index contributed by atoms with van der Waals surface area (Å²) in [4.78, 5) is 15.6. The van der Waals surface area contributed by atoms with E-state index >= 15 is 0 Å². The van der Waals surface area contributed by atoms with Crippen molar-refractivity contribution in [2.24, 2.45) is 0 Å². The predicted octanol–water partition coefficient (Wildman–Crippen LogP) is 17.6. The third-order valence-electron chi connectivity index (χ3n) is 15.5. The lowest BCUT2D eigenvalue weighted by molar-refractivity contribution is 0.590. The normalized spacial score (nSPS) is 13.2. The van der Waals surface area contributed by atoms with Crippen molar-refractivity contribution in [2.75, 3.05) is 19.6 Å². The highest BCUT2D eigenvalue weighted by Crippen LogP contribution is 2.47. The highest BCUT2D eigenvalue weighted by atomic mass is 15.3. The lowest BCUT2D eigenvalue weighted by atomic mass is 9.33. The quantitative estimate of drug-likeness (QED) is 0.141. The summed E-state index contributed by atoms with van der Waals surface area (Å²) in [5.41, 5.74) is 21.2. The first-order chi connectivity index (χ1) is 36.1. The molecule has 0 radical (unpaired) electrons. The molecule has 0 saturated heterocycles. The highest BCUT2D eigenvalue weighted by molar-refractivity contribution is 7.00. The van der Waals surface area contributed by atoms with E-state index in [0.29, 0.717) is 0 Å². The van der Waals surface area contributed by atoms with E-state index in [4.69, 9.17) is 4.98 Å². The molecule has 0 atom stereocenters. The monoisotopic (exact) mass is 994 g/mol. The summed E-state index contributed by atoms with van der Waals surface area (Å²) in [6, 6.07) is 74.7. The highest BCUT2D eigenvalue weighted by Gasteiger charge is 2.45. The van der Waals surface area contributed by atoms with Gasteiger partial charge in [0, 0.05) is 56.9 Å². The molecule has 5 nitrogen and oxygen atoms in total. The van der Waals surface area contributed by atoms with Crippen molar-refractivity contribution in [3.63, 3.8) is 0 Å². The summed E-state index contributed by atoms with van der Waals surface area (Å²) in [5, 5.41) is 0. The SMILES string of the molecule is Cc1cc2c3c(c1)N(c1ccccc1)c1nc(N(c4ccc(C(C)(C)C)cc4)c4ccc(C(C)(C)C)cc4)ccc1B3c1ccc(N(c3ccc(C(C)(C)C)cc3)c3ccc(C(C)(C)C)cc3)cc1N2c1ccccc1. The van der Waals surface area contributed by atoms with Crippen LogP contribution in [0.4, 0.5) is 68.5 Å². The van der Waals surface area contributed by atoms with E-state index < -0.39 is 0 Å². The molecule has 2 aliphatic rings. The molecule has 6 heteroatoms. The zero-order valence-electron chi connectivity index (χ0n) is 46.9. The Balaban J connectivity index is 1.15. The van der Waals surface area contributed by atoms with E-state index in [2.05, 4.69) is 310 Å². The van der Waals surface area contributed by atoms with E-state index in [-0.39, 0.29) is 28.4 Å². The third-order valence-corrected chi connectivity index (χ3v) is 15.5. The molecule has 0 saturated carbocycles. The van der Waals surface area contributed by atoms with Crippen LogP contribution < -0.4 is 36.0 Å². The molecule has 11 rings (SSSR count). The molecule has 3 heterocycles. The van der Waals surface area contributed by atoms with Crippen LogP contribution in [0.3, 0.4) is 0 Å². The van der Waals surface area contributed by atoms with E-state index in [9.17, 15) is 0 Å². The first kappa shape index (κ1) is 50.3. The van der Waals surface area contributed by atoms with Crippen molar-refractivity contribution < 1.29 is 0 Å². The number of benzene rings is 8. The Morgan fingerprint density at radius 3 is 1.14 bits per heavy atom.